The Kier molecular flexibility index (Phi) is 5.00. The molecule has 5 heteroatoms. The molecule has 0 aromatic heterocycles. The van der Waals surface area contributed by atoms with Crippen LogP contribution < -0.4 is 0 Å². The predicted molar refractivity (Wildman–Crippen MR) is 108 cm³/mol. The van der Waals surface area contributed by atoms with Gasteiger partial charge in [-0.1, -0.05) is 20.8 Å². The van der Waals surface area contributed by atoms with Gasteiger partial charge in [0.1, 0.15) is 11.4 Å². The summed E-state index contributed by atoms with van der Waals surface area (Å²) >= 11 is 0. The van der Waals surface area contributed by atoms with E-state index in [0.29, 0.717) is 35.9 Å². The minimum Gasteiger partial charge on any atom is -0.458 e. The van der Waals surface area contributed by atoms with E-state index < -0.39 is 17.0 Å². The maximum absolute atomic E-state index is 13.1. The first kappa shape index (κ1) is 21.0. The lowest BCUT2D eigenvalue weighted by Gasteiger charge is -2.60. The molecular formula is C24H36O5. The molecule has 4 fully saturated rings. The highest BCUT2D eigenvalue weighted by atomic mass is 16.5. The molecule has 162 valence electrons. The molecule has 8 atom stereocenters. The van der Waals surface area contributed by atoms with Crippen LogP contribution in [0.2, 0.25) is 0 Å². The minimum absolute atomic E-state index is 0.141. The van der Waals surface area contributed by atoms with E-state index in [-0.39, 0.29) is 23.7 Å². The Morgan fingerprint density at radius 2 is 1.86 bits per heavy atom. The van der Waals surface area contributed by atoms with Gasteiger partial charge in [-0.2, -0.15) is 0 Å². The molecule has 0 aliphatic heterocycles. The maximum atomic E-state index is 13.1. The summed E-state index contributed by atoms with van der Waals surface area (Å²) in [6, 6.07) is 0. The van der Waals surface area contributed by atoms with Crippen molar-refractivity contribution in [2.75, 3.05) is 6.61 Å². The van der Waals surface area contributed by atoms with E-state index in [9.17, 15) is 19.5 Å². The Bertz CT molecular complexity index is 731. The van der Waals surface area contributed by atoms with Gasteiger partial charge in [0, 0.05) is 25.2 Å². The molecule has 5 nitrogen and oxygen atoms in total. The first-order valence-electron chi connectivity index (χ1n) is 11.4. The molecule has 0 saturated heterocycles. The maximum Gasteiger partial charge on any atom is 0.303 e. The summed E-state index contributed by atoms with van der Waals surface area (Å²) < 4.78 is 4.98. The zero-order valence-corrected chi connectivity index (χ0v) is 18.3. The van der Waals surface area contributed by atoms with Gasteiger partial charge in [-0.3, -0.25) is 14.4 Å². The molecule has 4 rings (SSSR count). The first-order valence-corrected chi connectivity index (χ1v) is 11.4. The third-order valence-corrected chi connectivity index (χ3v) is 9.89. The zero-order chi connectivity index (χ0) is 21.2. The van der Waals surface area contributed by atoms with E-state index in [0.717, 1.165) is 44.9 Å². The van der Waals surface area contributed by atoms with Gasteiger partial charge in [-0.05, 0) is 73.5 Å². The van der Waals surface area contributed by atoms with Crippen molar-refractivity contribution in [1.82, 2.24) is 0 Å². The van der Waals surface area contributed by atoms with E-state index in [1.165, 1.54) is 6.92 Å². The second kappa shape index (κ2) is 6.90. The number of ketones is 2. The van der Waals surface area contributed by atoms with Crippen LogP contribution in [0.5, 0.6) is 0 Å². The summed E-state index contributed by atoms with van der Waals surface area (Å²) in [4.78, 5) is 36.3. The van der Waals surface area contributed by atoms with Crippen molar-refractivity contribution in [3.8, 4) is 0 Å². The summed E-state index contributed by atoms with van der Waals surface area (Å²) in [6.07, 6.45) is 7.30. The molecule has 29 heavy (non-hydrogen) atoms. The number of esters is 1. The molecule has 4 aliphatic carbocycles. The second-order valence-electron chi connectivity index (χ2n) is 11.0. The average Bonchev–Trinajstić information content (AvgIpc) is 2.88. The lowest BCUT2D eigenvalue weighted by molar-refractivity contribution is -0.179. The van der Waals surface area contributed by atoms with Crippen LogP contribution in [0.3, 0.4) is 0 Å². The van der Waals surface area contributed by atoms with Gasteiger partial charge < -0.3 is 9.84 Å². The van der Waals surface area contributed by atoms with Crippen LogP contribution in [0.15, 0.2) is 0 Å². The van der Waals surface area contributed by atoms with Crippen LogP contribution in [0.4, 0.5) is 0 Å². The quantitative estimate of drug-likeness (QED) is 0.725. The minimum atomic E-state index is -1.43. The van der Waals surface area contributed by atoms with Gasteiger partial charge in [0.2, 0.25) is 5.78 Å². The fourth-order valence-electron chi connectivity index (χ4n) is 8.26. The molecule has 0 bridgehead atoms. The van der Waals surface area contributed by atoms with Gasteiger partial charge in [-0.15, -0.1) is 0 Å². The molecule has 0 spiro atoms. The third kappa shape index (κ3) is 2.86. The number of carbonyl (C=O) groups is 3. The van der Waals surface area contributed by atoms with Crippen LogP contribution in [0.1, 0.15) is 79.1 Å². The Hall–Kier alpha value is -1.23. The SMILES string of the molecule is CC(=O)OCC(=O)[C@@]1(O)[C@H](C)C[C@H]2[C@@H]3CC[C@H]4CC(=O)CC[C@]4(C)[C@H]3CC[C@@]21C. The normalized spacial score (nSPS) is 49.0. The van der Waals surface area contributed by atoms with Crippen LogP contribution in [0, 0.1) is 40.4 Å². The van der Waals surface area contributed by atoms with Crippen molar-refractivity contribution in [3.63, 3.8) is 0 Å². The molecule has 0 aromatic carbocycles. The van der Waals surface area contributed by atoms with Crippen molar-refractivity contribution in [2.45, 2.75) is 84.7 Å². The van der Waals surface area contributed by atoms with Gasteiger partial charge in [0.15, 0.2) is 6.61 Å². The van der Waals surface area contributed by atoms with Crippen molar-refractivity contribution in [1.29, 1.82) is 0 Å². The van der Waals surface area contributed by atoms with E-state index in [1.54, 1.807) is 0 Å². The van der Waals surface area contributed by atoms with Crippen LogP contribution >= 0.6 is 0 Å². The number of ether oxygens (including phenoxy) is 1. The van der Waals surface area contributed by atoms with E-state index in [2.05, 4.69) is 13.8 Å². The fourth-order valence-corrected chi connectivity index (χ4v) is 8.26. The smallest absolute Gasteiger partial charge is 0.303 e. The van der Waals surface area contributed by atoms with Crippen LogP contribution in [-0.2, 0) is 19.1 Å². The molecule has 0 unspecified atom stereocenters. The predicted octanol–water partition coefficient (Wildman–Crippen LogP) is 3.71. The number of carbonyl (C=O) groups excluding carboxylic acids is 3. The molecule has 0 radical (unpaired) electrons. The highest BCUT2D eigenvalue weighted by Crippen LogP contribution is 2.69. The highest BCUT2D eigenvalue weighted by Gasteiger charge is 2.69. The van der Waals surface area contributed by atoms with Gasteiger partial charge in [0.05, 0.1) is 0 Å². The number of Topliss-reactive ketones (excluding diaryl/α,β-unsaturated/α-hetero) is 2. The largest absolute Gasteiger partial charge is 0.458 e. The van der Waals surface area contributed by atoms with E-state index in [4.69, 9.17) is 4.74 Å². The standard InChI is InChI=1S/C24H36O5/c1-14-11-20-18-6-5-16-12-17(26)7-9-22(16,3)19(18)8-10-23(20,4)24(14,28)21(27)13-29-15(2)25/h14,16,18-20,28H,5-13H2,1-4H3/t14-,16+,18-,19+,20+,22+,23+,24+/m1/s1. The molecule has 4 saturated carbocycles. The summed E-state index contributed by atoms with van der Waals surface area (Å²) in [5, 5.41) is 11.7. The second-order valence-corrected chi connectivity index (χ2v) is 11.0. The number of fused-ring (bicyclic) bond motifs is 5. The highest BCUT2D eigenvalue weighted by molar-refractivity contribution is 5.91. The van der Waals surface area contributed by atoms with E-state index in [1.807, 2.05) is 6.92 Å². The average molecular weight is 405 g/mol. The molecule has 0 amide bonds. The molecule has 1 N–H and O–H groups in total. The summed E-state index contributed by atoms with van der Waals surface area (Å²) in [6.45, 7) is 7.44. The van der Waals surface area contributed by atoms with E-state index >= 15 is 0 Å². The zero-order valence-electron chi connectivity index (χ0n) is 18.3. The molecule has 0 heterocycles. The van der Waals surface area contributed by atoms with Crippen LogP contribution in [0.25, 0.3) is 0 Å². The number of hydrogen-bond donors (Lipinski definition) is 1. The summed E-state index contributed by atoms with van der Waals surface area (Å²) in [5.41, 5.74) is -1.69. The van der Waals surface area contributed by atoms with Crippen molar-refractivity contribution >= 4 is 17.5 Å². The van der Waals surface area contributed by atoms with Crippen molar-refractivity contribution in [2.24, 2.45) is 40.4 Å². The van der Waals surface area contributed by atoms with Gasteiger partial charge in [0.25, 0.3) is 0 Å². The monoisotopic (exact) mass is 404 g/mol. The summed E-state index contributed by atoms with van der Waals surface area (Å²) in [5.74, 6) is 1.33. The summed E-state index contributed by atoms with van der Waals surface area (Å²) in [7, 11) is 0. The van der Waals surface area contributed by atoms with Gasteiger partial charge in [-0.25, -0.2) is 0 Å². The topological polar surface area (TPSA) is 80.7 Å². The van der Waals surface area contributed by atoms with Crippen LogP contribution in [-0.4, -0.2) is 34.9 Å². The number of rotatable bonds is 3. The Balaban J connectivity index is 1.62. The number of aliphatic hydroxyl groups is 1. The molecule has 0 aromatic rings. The number of hydrogen-bond acceptors (Lipinski definition) is 5. The fraction of sp³-hybridized carbons (Fsp3) is 0.875. The van der Waals surface area contributed by atoms with Crippen molar-refractivity contribution in [3.05, 3.63) is 0 Å². The lowest BCUT2D eigenvalue weighted by Crippen LogP contribution is -2.60. The van der Waals surface area contributed by atoms with Gasteiger partial charge >= 0.3 is 5.97 Å². The Morgan fingerprint density at radius 1 is 1.14 bits per heavy atom. The third-order valence-electron chi connectivity index (χ3n) is 9.89. The lowest BCUT2D eigenvalue weighted by atomic mass is 9.44. The Morgan fingerprint density at radius 3 is 2.55 bits per heavy atom. The first-order chi connectivity index (χ1) is 13.5. The Labute approximate surface area is 174 Å². The molecule has 4 aliphatic rings. The molecular weight excluding hydrogens is 368 g/mol. The van der Waals surface area contributed by atoms with Crippen molar-refractivity contribution < 1.29 is 24.2 Å².